The van der Waals surface area contributed by atoms with E-state index < -0.39 is 33.1 Å². The molecular weight excluding hydrogens is 363 g/mol. The van der Waals surface area contributed by atoms with Crippen LogP contribution in [0, 0.1) is 18.2 Å². The molecule has 1 aliphatic carbocycles. The first-order valence-electron chi connectivity index (χ1n) is 8.25. The maximum absolute atomic E-state index is 13.5. The predicted octanol–water partition coefficient (Wildman–Crippen LogP) is 1.13. The fraction of sp³-hybridized carbons (Fsp3) is 0.529. The highest BCUT2D eigenvalue weighted by Gasteiger charge is 2.47. The molecule has 9 heteroatoms. The fourth-order valence-electron chi connectivity index (χ4n) is 2.60. The van der Waals surface area contributed by atoms with Crippen LogP contribution in [0.3, 0.4) is 0 Å². The molecule has 0 bridgehead atoms. The van der Waals surface area contributed by atoms with Gasteiger partial charge in [-0.25, -0.2) is 17.5 Å². The van der Waals surface area contributed by atoms with Crippen LogP contribution in [0.4, 0.5) is 4.39 Å². The van der Waals surface area contributed by atoms with Gasteiger partial charge < -0.3 is 10.1 Å². The second-order valence-corrected chi connectivity index (χ2v) is 8.43. The van der Waals surface area contributed by atoms with Gasteiger partial charge in [0.1, 0.15) is 5.82 Å². The van der Waals surface area contributed by atoms with Gasteiger partial charge in [0.05, 0.1) is 19.3 Å². The summed E-state index contributed by atoms with van der Waals surface area (Å²) in [6, 6.07) is 4.14. The second kappa shape index (κ2) is 8.13. The summed E-state index contributed by atoms with van der Waals surface area (Å²) >= 11 is 0. The molecule has 1 amide bonds. The Hall–Kier alpha value is -2.00. The Labute approximate surface area is 152 Å². The maximum Gasteiger partial charge on any atom is 0.306 e. The molecule has 0 spiro atoms. The monoisotopic (exact) mass is 386 g/mol. The Morgan fingerprint density at radius 2 is 1.96 bits per heavy atom. The summed E-state index contributed by atoms with van der Waals surface area (Å²) in [7, 11) is -2.30. The first kappa shape index (κ1) is 20.3. The van der Waals surface area contributed by atoms with Gasteiger partial charge in [0.15, 0.2) is 0 Å². The van der Waals surface area contributed by atoms with E-state index in [1.807, 2.05) is 0 Å². The SMILES string of the molecule is COC(=O)CC1(CS(=O)(=O)NCCNC(=O)c2ccc(C)c(F)c2)CC1. The number of hydrogen-bond donors (Lipinski definition) is 2. The molecule has 1 fully saturated rings. The molecule has 1 aromatic carbocycles. The zero-order valence-electron chi connectivity index (χ0n) is 14.8. The number of methoxy groups -OCH3 is 1. The molecule has 1 saturated carbocycles. The molecular formula is C17H23FN2O5S. The predicted molar refractivity (Wildman–Crippen MR) is 93.6 cm³/mol. The summed E-state index contributed by atoms with van der Waals surface area (Å²) in [5.41, 5.74) is 0.0722. The fourth-order valence-corrected chi connectivity index (χ4v) is 4.31. The number of nitrogens with one attached hydrogen (secondary N) is 2. The number of hydrogen-bond acceptors (Lipinski definition) is 5. The zero-order chi connectivity index (χ0) is 19.4. The van der Waals surface area contributed by atoms with E-state index in [2.05, 4.69) is 14.8 Å². The summed E-state index contributed by atoms with van der Waals surface area (Å²) in [5.74, 6) is -1.52. The van der Waals surface area contributed by atoms with Gasteiger partial charge in [0, 0.05) is 18.7 Å². The molecule has 0 aromatic heterocycles. The quantitative estimate of drug-likeness (QED) is 0.489. The number of amides is 1. The maximum atomic E-state index is 13.5. The van der Waals surface area contributed by atoms with Crippen LogP contribution in [0.15, 0.2) is 18.2 Å². The minimum absolute atomic E-state index is 0.0106. The summed E-state index contributed by atoms with van der Waals surface area (Å²) in [6.07, 6.45) is 1.41. The van der Waals surface area contributed by atoms with E-state index in [1.54, 1.807) is 6.92 Å². The Balaban J connectivity index is 1.77. The number of benzene rings is 1. The average molecular weight is 386 g/mol. The minimum atomic E-state index is -3.57. The molecule has 0 saturated heterocycles. The average Bonchev–Trinajstić information content (AvgIpc) is 3.31. The number of ether oxygens (including phenoxy) is 1. The van der Waals surface area contributed by atoms with Gasteiger partial charge in [-0.3, -0.25) is 9.59 Å². The van der Waals surface area contributed by atoms with Crippen LogP contribution >= 0.6 is 0 Å². The number of halogens is 1. The van der Waals surface area contributed by atoms with Gasteiger partial charge >= 0.3 is 5.97 Å². The van der Waals surface area contributed by atoms with Gasteiger partial charge in [-0.1, -0.05) is 6.07 Å². The van der Waals surface area contributed by atoms with Crippen LogP contribution in [0.2, 0.25) is 0 Å². The molecule has 26 heavy (non-hydrogen) atoms. The van der Waals surface area contributed by atoms with Crippen molar-refractivity contribution in [3.05, 3.63) is 35.1 Å². The van der Waals surface area contributed by atoms with Crippen LogP contribution in [0.25, 0.3) is 0 Å². The van der Waals surface area contributed by atoms with E-state index in [4.69, 9.17) is 0 Å². The van der Waals surface area contributed by atoms with Crippen molar-refractivity contribution in [1.82, 2.24) is 10.0 Å². The second-order valence-electron chi connectivity index (χ2n) is 6.63. The zero-order valence-corrected chi connectivity index (χ0v) is 15.6. The van der Waals surface area contributed by atoms with E-state index in [9.17, 15) is 22.4 Å². The Morgan fingerprint density at radius 1 is 1.27 bits per heavy atom. The van der Waals surface area contributed by atoms with Crippen molar-refractivity contribution in [3.8, 4) is 0 Å². The van der Waals surface area contributed by atoms with Crippen LogP contribution in [-0.2, 0) is 19.6 Å². The van der Waals surface area contributed by atoms with Crippen LogP contribution < -0.4 is 10.0 Å². The molecule has 0 heterocycles. The van der Waals surface area contributed by atoms with Crippen molar-refractivity contribution in [1.29, 1.82) is 0 Å². The summed E-state index contributed by atoms with van der Waals surface area (Å²) in [4.78, 5) is 23.3. The third kappa shape index (κ3) is 5.77. The number of carbonyl (C=O) groups excluding carboxylic acids is 2. The highest BCUT2D eigenvalue weighted by atomic mass is 32.2. The van der Waals surface area contributed by atoms with Crippen molar-refractivity contribution in [3.63, 3.8) is 0 Å². The van der Waals surface area contributed by atoms with Crippen molar-refractivity contribution in [2.45, 2.75) is 26.2 Å². The lowest BCUT2D eigenvalue weighted by atomic mass is 10.1. The lowest BCUT2D eigenvalue weighted by Crippen LogP contribution is -2.37. The lowest BCUT2D eigenvalue weighted by Gasteiger charge is -2.14. The van der Waals surface area contributed by atoms with Gasteiger partial charge in [0.2, 0.25) is 10.0 Å². The summed E-state index contributed by atoms with van der Waals surface area (Å²) in [5, 5.41) is 2.53. The van der Waals surface area contributed by atoms with Crippen LogP contribution in [0.5, 0.6) is 0 Å². The first-order valence-corrected chi connectivity index (χ1v) is 9.90. The Morgan fingerprint density at radius 3 is 2.54 bits per heavy atom. The van der Waals surface area contributed by atoms with Gasteiger partial charge in [0.25, 0.3) is 5.91 Å². The first-order chi connectivity index (χ1) is 12.2. The smallest absolute Gasteiger partial charge is 0.306 e. The van der Waals surface area contributed by atoms with Gasteiger partial charge in [-0.15, -0.1) is 0 Å². The molecule has 0 unspecified atom stereocenters. The Kier molecular flexibility index (Phi) is 6.35. The number of aryl methyl sites for hydroxylation is 1. The molecule has 2 N–H and O–H groups in total. The number of esters is 1. The third-order valence-corrected chi connectivity index (χ3v) is 6.00. The van der Waals surface area contributed by atoms with E-state index >= 15 is 0 Å². The molecule has 1 aromatic rings. The minimum Gasteiger partial charge on any atom is -0.469 e. The van der Waals surface area contributed by atoms with Crippen molar-refractivity contribution in [2.24, 2.45) is 5.41 Å². The van der Waals surface area contributed by atoms with E-state index in [0.29, 0.717) is 18.4 Å². The number of sulfonamides is 1. The molecule has 0 aliphatic heterocycles. The van der Waals surface area contributed by atoms with E-state index in [0.717, 1.165) is 6.07 Å². The normalized spacial score (nSPS) is 15.3. The van der Waals surface area contributed by atoms with Gasteiger partial charge in [-0.2, -0.15) is 0 Å². The lowest BCUT2D eigenvalue weighted by molar-refractivity contribution is -0.141. The molecule has 1 aliphatic rings. The molecule has 7 nitrogen and oxygen atoms in total. The van der Waals surface area contributed by atoms with Crippen LogP contribution in [0.1, 0.15) is 35.2 Å². The highest BCUT2D eigenvalue weighted by Crippen LogP contribution is 2.49. The Bertz CT molecular complexity index is 790. The standard InChI is InChI=1S/C17H23FN2O5S/c1-12-3-4-13(9-14(12)18)16(22)19-7-8-20-26(23,24)11-17(5-6-17)10-15(21)25-2/h3-4,9,20H,5-8,10-11H2,1-2H3,(H,19,22). The van der Waals surface area contributed by atoms with Crippen molar-refractivity contribution in [2.75, 3.05) is 26.0 Å². The molecule has 0 radical (unpaired) electrons. The van der Waals surface area contributed by atoms with Crippen LogP contribution in [-0.4, -0.2) is 46.2 Å². The van der Waals surface area contributed by atoms with Crippen molar-refractivity contribution < 1.29 is 27.1 Å². The van der Waals surface area contributed by atoms with E-state index in [-0.39, 0.29) is 30.8 Å². The third-order valence-electron chi connectivity index (χ3n) is 4.37. The summed E-state index contributed by atoms with van der Waals surface area (Å²) < 4.78 is 44.7. The van der Waals surface area contributed by atoms with Crippen molar-refractivity contribution >= 4 is 21.9 Å². The summed E-state index contributed by atoms with van der Waals surface area (Å²) in [6.45, 7) is 1.67. The topological polar surface area (TPSA) is 102 Å². The molecule has 144 valence electrons. The van der Waals surface area contributed by atoms with E-state index in [1.165, 1.54) is 19.2 Å². The number of rotatable bonds is 9. The largest absolute Gasteiger partial charge is 0.469 e. The highest BCUT2D eigenvalue weighted by molar-refractivity contribution is 7.89. The number of carbonyl (C=O) groups is 2. The molecule has 0 atom stereocenters. The van der Waals surface area contributed by atoms with Gasteiger partial charge in [-0.05, 0) is 42.9 Å². The molecule has 2 rings (SSSR count).